The first kappa shape index (κ1) is 23.8. The number of carboxylic acids is 1. The number of amides is 2. The van der Waals surface area contributed by atoms with Crippen LogP contribution >= 0.6 is 0 Å². The topological polar surface area (TPSA) is 105 Å². The molecule has 2 amide bonds. The number of benzene rings is 2. The van der Waals surface area contributed by atoms with Crippen LogP contribution in [0.2, 0.25) is 0 Å². The molecule has 0 aromatic heterocycles. The van der Waals surface area contributed by atoms with Crippen LogP contribution in [0.15, 0.2) is 48.5 Å². The maximum Gasteiger partial charge on any atom is 0.407 e. The van der Waals surface area contributed by atoms with E-state index >= 15 is 0 Å². The van der Waals surface area contributed by atoms with Gasteiger partial charge in [-0.3, -0.25) is 9.59 Å². The van der Waals surface area contributed by atoms with E-state index in [0.29, 0.717) is 0 Å². The second-order valence-electron chi connectivity index (χ2n) is 9.63. The summed E-state index contributed by atoms with van der Waals surface area (Å²) in [7, 11) is 0. The summed E-state index contributed by atoms with van der Waals surface area (Å²) in [6.45, 7) is 4.06. The fourth-order valence-corrected chi connectivity index (χ4v) is 4.73. The number of ether oxygens (including phenoxy) is 1. The second kappa shape index (κ2) is 10.3. The molecule has 2 unspecified atom stereocenters. The van der Waals surface area contributed by atoms with E-state index in [9.17, 15) is 14.4 Å². The summed E-state index contributed by atoms with van der Waals surface area (Å²) < 4.78 is 5.62. The van der Waals surface area contributed by atoms with E-state index in [-0.39, 0.29) is 49.2 Å². The van der Waals surface area contributed by atoms with E-state index in [2.05, 4.69) is 34.9 Å². The summed E-state index contributed by atoms with van der Waals surface area (Å²) >= 11 is 0. The molecule has 34 heavy (non-hydrogen) atoms. The number of carbonyl (C=O) groups excluding carboxylic acids is 2. The van der Waals surface area contributed by atoms with Crippen LogP contribution in [0, 0.1) is 11.8 Å². The minimum Gasteiger partial charge on any atom is -0.481 e. The first-order valence-corrected chi connectivity index (χ1v) is 12.0. The fourth-order valence-electron chi connectivity index (χ4n) is 4.73. The first-order chi connectivity index (χ1) is 16.3. The highest BCUT2D eigenvalue weighted by molar-refractivity contribution is 5.80. The minimum absolute atomic E-state index is 0.00470. The van der Waals surface area contributed by atoms with Crippen LogP contribution in [0.4, 0.5) is 4.79 Å². The van der Waals surface area contributed by atoms with E-state index in [4.69, 9.17) is 9.84 Å². The van der Waals surface area contributed by atoms with Gasteiger partial charge in [0.1, 0.15) is 6.61 Å². The highest BCUT2D eigenvalue weighted by atomic mass is 16.5. The van der Waals surface area contributed by atoms with Gasteiger partial charge in [-0.05, 0) is 46.9 Å². The summed E-state index contributed by atoms with van der Waals surface area (Å²) in [5.41, 5.74) is 4.60. The van der Waals surface area contributed by atoms with Gasteiger partial charge in [0.15, 0.2) is 0 Å². The van der Waals surface area contributed by atoms with Crippen molar-refractivity contribution >= 4 is 18.0 Å². The Hall–Kier alpha value is -3.35. The zero-order valence-corrected chi connectivity index (χ0v) is 19.6. The molecule has 0 spiro atoms. The second-order valence-corrected chi connectivity index (χ2v) is 9.63. The number of carbonyl (C=O) groups is 3. The third kappa shape index (κ3) is 5.58. The monoisotopic (exact) mass is 464 g/mol. The Bertz CT molecular complexity index is 1020. The van der Waals surface area contributed by atoms with Gasteiger partial charge < -0.3 is 20.5 Å². The van der Waals surface area contributed by atoms with Crippen LogP contribution in [0.25, 0.3) is 11.1 Å². The molecule has 7 heteroatoms. The molecule has 180 valence electrons. The van der Waals surface area contributed by atoms with Crippen LogP contribution in [-0.2, 0) is 14.3 Å². The molecule has 2 aliphatic carbocycles. The summed E-state index contributed by atoms with van der Waals surface area (Å²) in [6, 6.07) is 15.5. The van der Waals surface area contributed by atoms with E-state index in [0.717, 1.165) is 35.1 Å². The van der Waals surface area contributed by atoms with Crippen LogP contribution in [-0.4, -0.2) is 41.8 Å². The van der Waals surface area contributed by atoms with Gasteiger partial charge in [-0.25, -0.2) is 4.79 Å². The van der Waals surface area contributed by atoms with E-state index < -0.39 is 18.1 Å². The predicted octanol–water partition coefficient (Wildman–Crippen LogP) is 4.31. The smallest absolute Gasteiger partial charge is 0.407 e. The number of carboxylic acid groups (broad SMARTS) is 1. The Balaban J connectivity index is 1.34. The molecular formula is C27H32N2O5. The van der Waals surface area contributed by atoms with Crippen molar-refractivity contribution in [3.63, 3.8) is 0 Å². The molecule has 2 atom stereocenters. The molecule has 2 aromatic carbocycles. The molecule has 0 heterocycles. The third-order valence-electron chi connectivity index (χ3n) is 6.79. The van der Waals surface area contributed by atoms with Gasteiger partial charge in [0, 0.05) is 24.4 Å². The molecule has 1 fully saturated rings. The zero-order chi connectivity index (χ0) is 24.2. The van der Waals surface area contributed by atoms with Gasteiger partial charge in [-0.15, -0.1) is 0 Å². The standard InChI is InChI=1S/C27H32N2O5/c1-16(2)23(13-25(30)28-24(14-26(31)32)17-11-12-17)29-27(33)34-15-22-20-9-5-3-7-18(20)19-8-4-6-10-21(19)22/h3-10,16-17,22-24H,11-15H2,1-2H3,(H,28,30)(H,29,33)(H,31,32). The molecule has 7 nitrogen and oxygen atoms in total. The lowest BCUT2D eigenvalue weighted by Crippen LogP contribution is -2.45. The number of aliphatic carboxylic acids is 1. The third-order valence-corrected chi connectivity index (χ3v) is 6.79. The average Bonchev–Trinajstić information content (AvgIpc) is 3.59. The lowest BCUT2D eigenvalue weighted by Gasteiger charge is -2.24. The molecule has 0 bridgehead atoms. The Kier molecular flexibility index (Phi) is 7.20. The molecule has 2 aliphatic rings. The molecule has 1 saturated carbocycles. The van der Waals surface area contributed by atoms with Crippen LogP contribution in [0.1, 0.15) is 56.6 Å². The van der Waals surface area contributed by atoms with Crippen LogP contribution in [0.5, 0.6) is 0 Å². The maximum atomic E-state index is 12.7. The van der Waals surface area contributed by atoms with Gasteiger partial charge in [0.05, 0.1) is 6.42 Å². The molecular weight excluding hydrogens is 432 g/mol. The number of hydrogen-bond acceptors (Lipinski definition) is 4. The summed E-state index contributed by atoms with van der Waals surface area (Å²) in [6.07, 6.45) is 1.30. The highest BCUT2D eigenvalue weighted by Crippen LogP contribution is 2.44. The maximum absolute atomic E-state index is 12.7. The van der Waals surface area contributed by atoms with Crippen molar-refractivity contribution < 1.29 is 24.2 Å². The number of fused-ring (bicyclic) bond motifs is 3. The summed E-state index contributed by atoms with van der Waals surface area (Å²) in [4.78, 5) is 36.4. The minimum atomic E-state index is -0.922. The molecule has 0 radical (unpaired) electrons. The molecule has 0 aliphatic heterocycles. The molecule has 2 aromatic rings. The molecule has 4 rings (SSSR count). The quantitative estimate of drug-likeness (QED) is 0.486. The lowest BCUT2D eigenvalue weighted by molar-refractivity contribution is -0.137. The average molecular weight is 465 g/mol. The van der Waals surface area contributed by atoms with Crippen molar-refractivity contribution in [1.29, 1.82) is 0 Å². The SMILES string of the molecule is CC(C)C(CC(=O)NC(CC(=O)O)C1CC1)NC(=O)OCC1c2ccccc2-c2ccccc21. The van der Waals surface area contributed by atoms with Gasteiger partial charge in [0.2, 0.25) is 5.91 Å². The van der Waals surface area contributed by atoms with Gasteiger partial charge in [0.25, 0.3) is 0 Å². The number of alkyl carbamates (subject to hydrolysis) is 1. The number of rotatable bonds is 10. The van der Waals surface area contributed by atoms with Crippen molar-refractivity contribution in [3.05, 3.63) is 59.7 Å². The first-order valence-electron chi connectivity index (χ1n) is 12.0. The van der Waals surface area contributed by atoms with Crippen molar-refractivity contribution in [1.82, 2.24) is 10.6 Å². The predicted molar refractivity (Wildman–Crippen MR) is 128 cm³/mol. The Morgan fingerprint density at radius 2 is 1.53 bits per heavy atom. The van der Waals surface area contributed by atoms with Crippen molar-refractivity contribution in [2.75, 3.05) is 6.61 Å². The lowest BCUT2D eigenvalue weighted by atomic mass is 9.98. The van der Waals surface area contributed by atoms with Crippen LogP contribution < -0.4 is 10.6 Å². The Morgan fingerprint density at radius 3 is 2.06 bits per heavy atom. The zero-order valence-electron chi connectivity index (χ0n) is 19.6. The number of hydrogen-bond donors (Lipinski definition) is 3. The van der Waals surface area contributed by atoms with Crippen molar-refractivity contribution in [2.24, 2.45) is 11.8 Å². The molecule has 0 saturated heterocycles. The molecule has 3 N–H and O–H groups in total. The van der Waals surface area contributed by atoms with Gasteiger partial charge >= 0.3 is 12.1 Å². The highest BCUT2D eigenvalue weighted by Gasteiger charge is 2.34. The van der Waals surface area contributed by atoms with Gasteiger partial charge in [-0.1, -0.05) is 62.4 Å². The fraction of sp³-hybridized carbons (Fsp3) is 0.444. The van der Waals surface area contributed by atoms with E-state index in [1.54, 1.807) is 0 Å². The summed E-state index contributed by atoms with van der Waals surface area (Å²) in [5.74, 6) is -0.975. The largest absolute Gasteiger partial charge is 0.481 e. The normalized spacial score (nSPS) is 16.3. The Labute approximate surface area is 199 Å². The van der Waals surface area contributed by atoms with E-state index in [1.807, 2.05) is 38.1 Å². The Morgan fingerprint density at radius 1 is 0.941 bits per heavy atom. The summed E-state index contributed by atoms with van der Waals surface area (Å²) in [5, 5.41) is 14.8. The van der Waals surface area contributed by atoms with E-state index in [1.165, 1.54) is 0 Å². The van der Waals surface area contributed by atoms with Crippen molar-refractivity contribution in [3.8, 4) is 11.1 Å². The number of nitrogens with one attached hydrogen (secondary N) is 2. The van der Waals surface area contributed by atoms with Crippen LogP contribution in [0.3, 0.4) is 0 Å². The van der Waals surface area contributed by atoms with Crippen molar-refractivity contribution in [2.45, 2.75) is 57.5 Å². The van der Waals surface area contributed by atoms with Gasteiger partial charge in [-0.2, -0.15) is 0 Å².